The van der Waals surface area contributed by atoms with Gasteiger partial charge in [0.2, 0.25) is 5.88 Å². The molecule has 0 aliphatic carbocycles. The summed E-state index contributed by atoms with van der Waals surface area (Å²) in [6.45, 7) is 8.39. The molecule has 1 aromatic carbocycles. The second kappa shape index (κ2) is 7.79. The molecule has 2 rings (SSSR count). The Morgan fingerprint density at radius 1 is 1.19 bits per heavy atom. The van der Waals surface area contributed by atoms with Crippen molar-refractivity contribution in [3.05, 3.63) is 53.7 Å². The van der Waals surface area contributed by atoms with Gasteiger partial charge in [-0.2, -0.15) is 0 Å². The van der Waals surface area contributed by atoms with E-state index in [2.05, 4.69) is 49.3 Å². The monoisotopic (exact) mass is 284 g/mol. The van der Waals surface area contributed by atoms with E-state index in [9.17, 15) is 0 Å². The van der Waals surface area contributed by atoms with Crippen molar-refractivity contribution in [3.63, 3.8) is 0 Å². The van der Waals surface area contributed by atoms with Crippen LogP contribution in [0.25, 0.3) is 0 Å². The molecule has 0 aliphatic heterocycles. The van der Waals surface area contributed by atoms with Gasteiger partial charge in [0.15, 0.2) is 0 Å². The second-order valence-corrected chi connectivity index (χ2v) is 5.51. The lowest BCUT2D eigenvalue weighted by atomic mass is 10.0. The summed E-state index contributed by atoms with van der Waals surface area (Å²) in [6, 6.07) is 12.1. The predicted molar refractivity (Wildman–Crippen MR) is 86.8 cm³/mol. The number of nitrogens with zero attached hydrogens (tertiary/aromatic N) is 1. The maximum absolute atomic E-state index is 5.82. The van der Waals surface area contributed by atoms with Crippen molar-refractivity contribution in [2.24, 2.45) is 0 Å². The van der Waals surface area contributed by atoms with Gasteiger partial charge in [0.1, 0.15) is 5.75 Å². The van der Waals surface area contributed by atoms with Gasteiger partial charge in [0.05, 0.1) is 0 Å². The van der Waals surface area contributed by atoms with Gasteiger partial charge in [-0.15, -0.1) is 0 Å². The molecule has 112 valence electrons. The van der Waals surface area contributed by atoms with Crippen LogP contribution in [0.15, 0.2) is 42.6 Å². The third-order valence-electron chi connectivity index (χ3n) is 3.30. The average Bonchev–Trinajstić information content (AvgIpc) is 2.49. The van der Waals surface area contributed by atoms with Crippen LogP contribution in [0.2, 0.25) is 0 Å². The quantitative estimate of drug-likeness (QED) is 0.760. The van der Waals surface area contributed by atoms with Crippen molar-refractivity contribution < 1.29 is 4.74 Å². The van der Waals surface area contributed by atoms with E-state index < -0.39 is 0 Å². The number of pyridine rings is 1. The van der Waals surface area contributed by atoms with Crippen molar-refractivity contribution in [1.29, 1.82) is 0 Å². The summed E-state index contributed by atoms with van der Waals surface area (Å²) in [7, 11) is 0. The Bertz CT molecular complexity index is 549. The Morgan fingerprint density at radius 2 is 2.05 bits per heavy atom. The van der Waals surface area contributed by atoms with Crippen LogP contribution >= 0.6 is 0 Å². The highest BCUT2D eigenvalue weighted by Gasteiger charge is 2.03. The first-order valence-electron chi connectivity index (χ1n) is 7.62. The van der Waals surface area contributed by atoms with E-state index in [1.165, 1.54) is 11.1 Å². The fraction of sp³-hybridized carbons (Fsp3) is 0.389. The number of hydrogen-bond acceptors (Lipinski definition) is 3. The van der Waals surface area contributed by atoms with Crippen LogP contribution in [-0.4, -0.2) is 11.5 Å². The van der Waals surface area contributed by atoms with Crippen molar-refractivity contribution in [3.8, 4) is 11.6 Å². The molecule has 0 amide bonds. The van der Waals surface area contributed by atoms with Crippen molar-refractivity contribution in [2.45, 2.75) is 39.7 Å². The van der Waals surface area contributed by atoms with Gasteiger partial charge in [-0.3, -0.25) is 0 Å². The van der Waals surface area contributed by atoms with E-state index in [1.807, 2.05) is 24.4 Å². The summed E-state index contributed by atoms with van der Waals surface area (Å²) < 4.78 is 5.82. The lowest BCUT2D eigenvalue weighted by molar-refractivity contribution is 0.461. The average molecular weight is 284 g/mol. The van der Waals surface area contributed by atoms with Crippen molar-refractivity contribution in [1.82, 2.24) is 10.3 Å². The highest BCUT2D eigenvalue weighted by atomic mass is 16.5. The SMILES string of the molecule is CCCNCc1ccc(Oc2cccc(C(C)C)c2)nc1. The number of nitrogens with one attached hydrogen (secondary N) is 1. The summed E-state index contributed by atoms with van der Waals surface area (Å²) in [5.74, 6) is 1.97. The topological polar surface area (TPSA) is 34.1 Å². The zero-order valence-electron chi connectivity index (χ0n) is 13.1. The first kappa shape index (κ1) is 15.5. The first-order valence-corrected chi connectivity index (χ1v) is 7.62. The van der Waals surface area contributed by atoms with Crippen molar-refractivity contribution in [2.75, 3.05) is 6.54 Å². The van der Waals surface area contributed by atoms with Gasteiger partial charge in [-0.25, -0.2) is 4.98 Å². The summed E-state index contributed by atoms with van der Waals surface area (Å²) in [6.07, 6.45) is 3.01. The normalized spacial score (nSPS) is 10.9. The number of aromatic nitrogens is 1. The third kappa shape index (κ3) is 4.87. The van der Waals surface area contributed by atoms with E-state index in [0.29, 0.717) is 11.8 Å². The smallest absolute Gasteiger partial charge is 0.219 e. The minimum absolute atomic E-state index is 0.494. The van der Waals surface area contributed by atoms with Crippen LogP contribution in [0.3, 0.4) is 0 Å². The minimum Gasteiger partial charge on any atom is -0.439 e. The molecule has 3 heteroatoms. The number of ether oxygens (including phenoxy) is 1. The fourth-order valence-corrected chi connectivity index (χ4v) is 2.04. The van der Waals surface area contributed by atoms with Crippen LogP contribution in [-0.2, 0) is 6.54 Å². The maximum Gasteiger partial charge on any atom is 0.219 e. The molecule has 0 radical (unpaired) electrons. The third-order valence-corrected chi connectivity index (χ3v) is 3.30. The van der Waals surface area contributed by atoms with Gasteiger partial charge in [-0.05, 0) is 42.1 Å². The highest BCUT2D eigenvalue weighted by molar-refractivity contribution is 5.33. The molecule has 0 aliphatic rings. The van der Waals surface area contributed by atoms with Crippen LogP contribution in [0, 0.1) is 0 Å². The molecule has 1 aromatic heterocycles. The molecule has 0 saturated carbocycles. The number of benzene rings is 1. The molecule has 1 N–H and O–H groups in total. The number of hydrogen-bond donors (Lipinski definition) is 1. The first-order chi connectivity index (χ1) is 10.2. The summed E-state index contributed by atoms with van der Waals surface area (Å²) >= 11 is 0. The predicted octanol–water partition coefficient (Wildman–Crippen LogP) is 4.50. The maximum atomic E-state index is 5.82. The van der Waals surface area contributed by atoms with Gasteiger partial charge >= 0.3 is 0 Å². The summed E-state index contributed by atoms with van der Waals surface area (Å²) in [5, 5.41) is 3.36. The minimum atomic E-state index is 0.494. The van der Waals surface area contributed by atoms with E-state index in [0.717, 1.165) is 25.3 Å². The van der Waals surface area contributed by atoms with Crippen molar-refractivity contribution >= 4 is 0 Å². The van der Waals surface area contributed by atoms with Gasteiger partial charge in [0.25, 0.3) is 0 Å². The zero-order valence-corrected chi connectivity index (χ0v) is 13.1. The Labute approximate surface area is 127 Å². The van der Waals surface area contributed by atoms with Crippen LogP contribution in [0.5, 0.6) is 11.6 Å². The molecule has 1 heterocycles. The fourth-order valence-electron chi connectivity index (χ4n) is 2.04. The molecule has 0 fully saturated rings. The summed E-state index contributed by atoms with van der Waals surface area (Å²) in [4.78, 5) is 4.37. The van der Waals surface area contributed by atoms with E-state index in [-0.39, 0.29) is 0 Å². The molecule has 21 heavy (non-hydrogen) atoms. The lowest BCUT2D eigenvalue weighted by Crippen LogP contribution is -2.13. The number of rotatable bonds is 7. The molecule has 0 spiro atoms. The molecule has 0 bridgehead atoms. The molecule has 0 atom stereocenters. The van der Waals surface area contributed by atoms with Crippen LogP contribution < -0.4 is 10.1 Å². The van der Waals surface area contributed by atoms with Gasteiger partial charge < -0.3 is 10.1 Å². The van der Waals surface area contributed by atoms with E-state index in [1.54, 1.807) is 0 Å². The molecule has 2 aromatic rings. The van der Waals surface area contributed by atoms with E-state index >= 15 is 0 Å². The Kier molecular flexibility index (Phi) is 5.76. The molecule has 0 unspecified atom stereocenters. The highest BCUT2D eigenvalue weighted by Crippen LogP contribution is 2.24. The van der Waals surface area contributed by atoms with E-state index in [4.69, 9.17) is 4.74 Å². The summed E-state index contributed by atoms with van der Waals surface area (Å²) in [5.41, 5.74) is 2.44. The Morgan fingerprint density at radius 3 is 2.71 bits per heavy atom. The lowest BCUT2D eigenvalue weighted by Gasteiger charge is -2.09. The van der Waals surface area contributed by atoms with Crippen LogP contribution in [0.4, 0.5) is 0 Å². The molecular weight excluding hydrogens is 260 g/mol. The Hall–Kier alpha value is -1.87. The van der Waals surface area contributed by atoms with Crippen LogP contribution in [0.1, 0.15) is 44.2 Å². The zero-order chi connectivity index (χ0) is 15.1. The van der Waals surface area contributed by atoms with Gasteiger partial charge in [-0.1, -0.05) is 39.0 Å². The molecule has 3 nitrogen and oxygen atoms in total. The second-order valence-electron chi connectivity index (χ2n) is 5.51. The Balaban J connectivity index is 1.98. The molecule has 0 saturated heterocycles. The largest absolute Gasteiger partial charge is 0.439 e. The standard InChI is InChI=1S/C18H24N2O/c1-4-10-19-12-15-8-9-18(20-13-15)21-17-7-5-6-16(11-17)14(2)3/h5-9,11,13-14,19H,4,10,12H2,1-3H3. The molecular formula is C18H24N2O. The van der Waals surface area contributed by atoms with Gasteiger partial charge in [0, 0.05) is 18.8 Å².